The van der Waals surface area contributed by atoms with Crippen molar-refractivity contribution in [2.75, 3.05) is 0 Å². The van der Waals surface area contributed by atoms with Gasteiger partial charge in [0.1, 0.15) is 22.5 Å². The molecule has 2 heterocycles. The number of furan rings is 2. The summed E-state index contributed by atoms with van der Waals surface area (Å²) in [6.45, 7) is 0. The largest absolute Gasteiger partial charge is 0.460 e. The predicted octanol–water partition coefficient (Wildman–Crippen LogP) is 14.9. The maximum Gasteiger partial charge on any atom is 0.136 e. The van der Waals surface area contributed by atoms with Crippen LogP contribution in [0.25, 0.3) is 115 Å². The molecule has 2 nitrogen and oxygen atoms in total. The number of benzene rings is 9. The zero-order valence-electron chi connectivity index (χ0n) is 29.4. The monoisotopic (exact) mass is 688 g/mol. The first-order valence-electron chi connectivity index (χ1n) is 18.8. The molecule has 0 atom stereocenters. The van der Waals surface area contributed by atoms with E-state index in [1.54, 1.807) is 0 Å². The van der Waals surface area contributed by atoms with Gasteiger partial charge in [-0.1, -0.05) is 140 Å². The molecule has 1 aliphatic rings. The fourth-order valence-corrected chi connectivity index (χ4v) is 9.32. The zero-order valence-corrected chi connectivity index (χ0v) is 29.4. The quantitative estimate of drug-likeness (QED) is 0.173. The molecule has 0 saturated carbocycles. The minimum Gasteiger partial charge on any atom is -0.460 e. The van der Waals surface area contributed by atoms with Crippen molar-refractivity contribution in [1.29, 1.82) is 0 Å². The Morgan fingerprint density at radius 2 is 1.04 bits per heavy atom. The van der Waals surface area contributed by atoms with Gasteiger partial charge in [0.15, 0.2) is 0 Å². The van der Waals surface area contributed by atoms with E-state index in [9.17, 15) is 0 Å². The van der Waals surface area contributed by atoms with Crippen molar-refractivity contribution in [2.24, 2.45) is 0 Å². The van der Waals surface area contributed by atoms with Gasteiger partial charge in [-0.25, -0.2) is 0 Å². The van der Waals surface area contributed by atoms with Gasteiger partial charge in [-0.15, -0.1) is 0 Å². The fourth-order valence-electron chi connectivity index (χ4n) is 9.32. The van der Waals surface area contributed by atoms with Crippen LogP contribution in [0.5, 0.6) is 0 Å². The Morgan fingerprint density at radius 3 is 1.80 bits per heavy atom. The summed E-state index contributed by atoms with van der Waals surface area (Å²) in [5.41, 5.74) is 11.3. The maximum atomic E-state index is 6.69. The van der Waals surface area contributed by atoms with Gasteiger partial charge in [0.25, 0.3) is 0 Å². The molecule has 0 bridgehead atoms. The van der Waals surface area contributed by atoms with Crippen molar-refractivity contribution >= 4 is 82.1 Å². The molecule has 252 valence electrons. The summed E-state index contributed by atoms with van der Waals surface area (Å²) in [4.78, 5) is 0. The van der Waals surface area contributed by atoms with Crippen molar-refractivity contribution in [3.8, 4) is 33.4 Å². The molecule has 1 aliphatic carbocycles. The second-order valence-electron chi connectivity index (χ2n) is 14.6. The van der Waals surface area contributed by atoms with Crippen molar-refractivity contribution in [3.05, 3.63) is 175 Å². The third-order valence-electron chi connectivity index (χ3n) is 11.7. The number of hydrogen-bond donors (Lipinski definition) is 0. The minimum atomic E-state index is 0.886. The van der Waals surface area contributed by atoms with E-state index in [1.807, 2.05) is 0 Å². The van der Waals surface area contributed by atoms with Crippen LogP contribution in [0.3, 0.4) is 0 Å². The Morgan fingerprint density at radius 1 is 0.389 bits per heavy atom. The summed E-state index contributed by atoms with van der Waals surface area (Å²) in [6.07, 6.45) is 6.44. The number of fused-ring (bicyclic) bond motifs is 11. The molecule has 0 spiro atoms. The summed E-state index contributed by atoms with van der Waals surface area (Å²) < 4.78 is 13.1. The standard InChI is InChI=1S/C52H32O2/c1-2-12-31(13-3-1)34-25-26-42(36-15-5-4-14-35(34)36)51-40-19-8-6-17-38(40)50(39-18-7-9-20-41(39)51)33-22-24-43-48(29-33)54-47-27-23-32-28-45-37-16-10-11-21-46(37)53-49(45)30-44(32)52(43)47/h1-10,12-20,22-30H,11,21H2. The van der Waals surface area contributed by atoms with Gasteiger partial charge in [-0.3, -0.25) is 0 Å². The lowest BCUT2D eigenvalue weighted by Gasteiger charge is -2.19. The van der Waals surface area contributed by atoms with Crippen LogP contribution in [0.4, 0.5) is 0 Å². The van der Waals surface area contributed by atoms with Crippen LogP contribution in [-0.2, 0) is 6.42 Å². The van der Waals surface area contributed by atoms with Gasteiger partial charge >= 0.3 is 0 Å². The summed E-state index contributed by atoms with van der Waals surface area (Å²) in [5.74, 6) is 1.09. The van der Waals surface area contributed by atoms with Crippen LogP contribution >= 0.6 is 0 Å². The lowest BCUT2D eigenvalue weighted by molar-refractivity contribution is 0.546. The lowest BCUT2D eigenvalue weighted by Crippen LogP contribution is -1.92. The molecule has 11 aromatic rings. The van der Waals surface area contributed by atoms with E-state index in [2.05, 4.69) is 170 Å². The van der Waals surface area contributed by atoms with Crippen LogP contribution in [0.2, 0.25) is 0 Å². The van der Waals surface area contributed by atoms with E-state index in [-0.39, 0.29) is 0 Å². The highest BCUT2D eigenvalue weighted by atomic mass is 16.3. The van der Waals surface area contributed by atoms with E-state index in [1.165, 1.54) is 76.5 Å². The van der Waals surface area contributed by atoms with Gasteiger partial charge in [0, 0.05) is 28.1 Å². The smallest absolute Gasteiger partial charge is 0.136 e. The molecule has 0 saturated heterocycles. The Kier molecular flexibility index (Phi) is 6.20. The van der Waals surface area contributed by atoms with Crippen molar-refractivity contribution < 1.29 is 8.83 Å². The fraction of sp³-hybridized carbons (Fsp3) is 0.0385. The second kappa shape index (κ2) is 11.3. The molecule has 9 aromatic carbocycles. The molecule has 54 heavy (non-hydrogen) atoms. The van der Waals surface area contributed by atoms with Gasteiger partial charge < -0.3 is 8.83 Å². The van der Waals surface area contributed by atoms with Crippen LogP contribution < -0.4 is 0 Å². The average Bonchev–Trinajstić information content (AvgIpc) is 3.79. The highest BCUT2D eigenvalue weighted by Crippen LogP contribution is 2.47. The number of rotatable bonds is 3. The second-order valence-corrected chi connectivity index (χ2v) is 14.6. The summed E-state index contributed by atoms with van der Waals surface area (Å²) >= 11 is 0. The van der Waals surface area contributed by atoms with Gasteiger partial charge in [-0.05, 0) is 113 Å². The van der Waals surface area contributed by atoms with E-state index in [4.69, 9.17) is 8.83 Å². The highest BCUT2D eigenvalue weighted by molar-refractivity contribution is 6.25. The Balaban J connectivity index is 1.09. The molecule has 12 rings (SSSR count). The molecule has 2 heteroatoms. The minimum absolute atomic E-state index is 0.886. The third-order valence-corrected chi connectivity index (χ3v) is 11.7. The molecule has 2 aromatic heterocycles. The van der Waals surface area contributed by atoms with Crippen molar-refractivity contribution in [2.45, 2.75) is 12.8 Å². The predicted molar refractivity (Wildman–Crippen MR) is 227 cm³/mol. The van der Waals surface area contributed by atoms with Crippen LogP contribution in [0, 0.1) is 0 Å². The van der Waals surface area contributed by atoms with Crippen molar-refractivity contribution in [1.82, 2.24) is 0 Å². The molecular weight excluding hydrogens is 657 g/mol. The number of allylic oxidation sites excluding steroid dienone is 1. The highest BCUT2D eigenvalue weighted by Gasteiger charge is 2.21. The Labute approximate surface area is 311 Å². The summed E-state index contributed by atoms with van der Waals surface area (Å²) in [7, 11) is 0. The average molecular weight is 689 g/mol. The van der Waals surface area contributed by atoms with Gasteiger partial charge in [-0.2, -0.15) is 0 Å². The summed E-state index contributed by atoms with van der Waals surface area (Å²) in [6, 6.07) is 57.6. The van der Waals surface area contributed by atoms with Crippen LogP contribution in [0.15, 0.2) is 173 Å². The molecule has 0 radical (unpaired) electrons. The molecule has 0 unspecified atom stereocenters. The molecule has 0 fully saturated rings. The molecular formula is C52H32O2. The molecule has 0 N–H and O–H groups in total. The van der Waals surface area contributed by atoms with E-state index >= 15 is 0 Å². The Bertz CT molecular complexity index is 3320. The first-order chi connectivity index (χ1) is 26.8. The normalized spacial score (nSPS) is 13.0. The van der Waals surface area contributed by atoms with Gasteiger partial charge in [0.05, 0.1) is 0 Å². The van der Waals surface area contributed by atoms with Gasteiger partial charge in [0.2, 0.25) is 0 Å². The SMILES string of the molecule is C1=Cc2c(oc3cc4c(ccc5oc6cc(-c7c8ccccc8c(-c8ccc(-c9ccccc9)c9ccccc89)c8ccccc78)ccc6c54)cc23)CC1. The third kappa shape index (κ3) is 4.22. The van der Waals surface area contributed by atoms with Crippen molar-refractivity contribution in [3.63, 3.8) is 0 Å². The molecule has 0 amide bonds. The first kappa shape index (κ1) is 29.7. The van der Waals surface area contributed by atoms with E-state index in [0.29, 0.717) is 0 Å². The Hall–Kier alpha value is -6.90. The van der Waals surface area contributed by atoms with Crippen LogP contribution in [0.1, 0.15) is 17.7 Å². The van der Waals surface area contributed by atoms with E-state index in [0.717, 1.165) is 57.1 Å². The van der Waals surface area contributed by atoms with E-state index < -0.39 is 0 Å². The van der Waals surface area contributed by atoms with Crippen LogP contribution in [-0.4, -0.2) is 0 Å². The zero-order chi connectivity index (χ0) is 35.3. The lowest BCUT2D eigenvalue weighted by atomic mass is 9.83. The summed E-state index contributed by atoms with van der Waals surface area (Å²) in [5, 5.41) is 13.2. The molecule has 0 aliphatic heterocycles. The number of hydrogen-bond acceptors (Lipinski definition) is 2. The topological polar surface area (TPSA) is 26.3 Å². The maximum absolute atomic E-state index is 6.69. The first-order valence-corrected chi connectivity index (χ1v) is 18.8. The number of aryl methyl sites for hydroxylation is 1.